The molecule has 4 N–H and O–H groups in total. The average Bonchev–Trinajstić information content (AvgIpc) is 3.34. The van der Waals surface area contributed by atoms with Gasteiger partial charge in [-0.1, -0.05) is 18.2 Å². The van der Waals surface area contributed by atoms with E-state index in [0.717, 1.165) is 39.8 Å². The van der Waals surface area contributed by atoms with Gasteiger partial charge in [0, 0.05) is 23.2 Å². The standard InChI is InChI=1S/C24H26N4O2/c1-24(2)17-8-6-14(12-18(17)27-23(24)25)5-7-16-13-19(21(30)20(16)29)28-11-9-15-4-3-10-26-22(15)28/h3-4,6,8-13,19-21,29-30H,5,7H2,1-2H3,(H2,25,27)/t19-,20-,21+/m1/s1. The highest BCUT2D eigenvalue weighted by Crippen LogP contribution is 2.39. The first-order valence-electron chi connectivity index (χ1n) is 10.3. The predicted octanol–water partition coefficient (Wildman–Crippen LogP) is 3.15. The van der Waals surface area contributed by atoms with E-state index in [9.17, 15) is 10.2 Å². The first-order chi connectivity index (χ1) is 14.4. The summed E-state index contributed by atoms with van der Waals surface area (Å²) in [5.74, 6) is 0.641. The number of aliphatic hydroxyl groups is 2. The number of hydrogen-bond donors (Lipinski definition) is 3. The van der Waals surface area contributed by atoms with Gasteiger partial charge in [-0.2, -0.15) is 0 Å². The molecule has 0 saturated carbocycles. The zero-order valence-electron chi connectivity index (χ0n) is 17.2. The van der Waals surface area contributed by atoms with Gasteiger partial charge in [0.05, 0.1) is 11.7 Å². The molecule has 0 saturated heterocycles. The number of rotatable bonds is 4. The van der Waals surface area contributed by atoms with Gasteiger partial charge in [-0.25, -0.2) is 9.98 Å². The molecule has 0 unspecified atom stereocenters. The topological polar surface area (TPSA) is 96.7 Å². The van der Waals surface area contributed by atoms with Crippen LogP contribution >= 0.6 is 0 Å². The van der Waals surface area contributed by atoms with Crippen molar-refractivity contribution in [2.45, 2.75) is 50.4 Å². The number of aromatic nitrogens is 2. The Balaban J connectivity index is 1.37. The number of aliphatic hydroxyl groups excluding tert-OH is 2. The summed E-state index contributed by atoms with van der Waals surface area (Å²) in [7, 11) is 0. The lowest BCUT2D eigenvalue weighted by Gasteiger charge is -2.20. The molecule has 0 fully saturated rings. The second-order valence-electron chi connectivity index (χ2n) is 8.78. The molecule has 0 bridgehead atoms. The summed E-state index contributed by atoms with van der Waals surface area (Å²) in [5, 5.41) is 22.3. The van der Waals surface area contributed by atoms with Crippen LogP contribution in [0.25, 0.3) is 11.0 Å². The van der Waals surface area contributed by atoms with E-state index >= 15 is 0 Å². The number of aryl methyl sites for hydroxylation is 1. The molecule has 3 atom stereocenters. The Kier molecular flexibility index (Phi) is 4.31. The van der Waals surface area contributed by atoms with Gasteiger partial charge in [0.25, 0.3) is 0 Å². The number of nitrogens with two attached hydrogens (primary N) is 1. The quantitative estimate of drug-likeness (QED) is 0.584. The molecule has 1 aromatic carbocycles. The lowest BCUT2D eigenvalue weighted by molar-refractivity contribution is 0.0317. The van der Waals surface area contributed by atoms with Crippen LogP contribution in [0.1, 0.15) is 37.4 Å². The molecule has 30 heavy (non-hydrogen) atoms. The zero-order chi connectivity index (χ0) is 21.0. The van der Waals surface area contributed by atoms with E-state index in [0.29, 0.717) is 12.3 Å². The third kappa shape index (κ3) is 2.87. The summed E-state index contributed by atoms with van der Waals surface area (Å²) in [6.45, 7) is 4.16. The molecule has 6 heteroatoms. The Morgan fingerprint density at radius 3 is 2.80 bits per heavy atom. The predicted molar refractivity (Wildman–Crippen MR) is 118 cm³/mol. The maximum Gasteiger partial charge on any atom is 0.140 e. The van der Waals surface area contributed by atoms with Crippen molar-refractivity contribution >= 4 is 22.6 Å². The third-order valence-corrected chi connectivity index (χ3v) is 6.55. The molecule has 1 aliphatic heterocycles. The highest BCUT2D eigenvalue weighted by Gasteiger charge is 2.36. The van der Waals surface area contributed by atoms with Crippen LogP contribution in [-0.2, 0) is 11.8 Å². The number of hydrogen-bond acceptors (Lipinski definition) is 5. The van der Waals surface area contributed by atoms with E-state index in [2.05, 4.69) is 42.0 Å². The molecule has 6 nitrogen and oxygen atoms in total. The minimum Gasteiger partial charge on any atom is -0.388 e. The van der Waals surface area contributed by atoms with Crippen molar-refractivity contribution in [2.75, 3.05) is 0 Å². The molecule has 0 spiro atoms. The number of amidine groups is 1. The van der Waals surface area contributed by atoms with Crippen LogP contribution in [0.15, 0.2) is 65.4 Å². The van der Waals surface area contributed by atoms with Crippen LogP contribution in [0, 0.1) is 0 Å². The summed E-state index contributed by atoms with van der Waals surface area (Å²) >= 11 is 0. The van der Waals surface area contributed by atoms with E-state index in [1.54, 1.807) is 6.20 Å². The Morgan fingerprint density at radius 2 is 1.97 bits per heavy atom. The SMILES string of the molecule is CC1(C)C(N)=Nc2cc(CCC3=C[C@@H](n4ccc5cccnc54)[C@H](O)[C@@H]3O)ccc21. The molecule has 3 heterocycles. The number of nitrogens with zero attached hydrogens (tertiary/aromatic N) is 3. The molecule has 3 aromatic rings. The second kappa shape index (κ2) is 6.79. The van der Waals surface area contributed by atoms with Gasteiger partial charge in [0.1, 0.15) is 23.7 Å². The lowest BCUT2D eigenvalue weighted by atomic mass is 9.84. The van der Waals surface area contributed by atoms with Crippen molar-refractivity contribution in [1.29, 1.82) is 0 Å². The van der Waals surface area contributed by atoms with Crippen molar-refractivity contribution < 1.29 is 10.2 Å². The summed E-state index contributed by atoms with van der Waals surface area (Å²) in [6, 6.07) is 11.8. The lowest BCUT2D eigenvalue weighted by Crippen LogP contribution is -2.32. The summed E-state index contributed by atoms with van der Waals surface area (Å²) in [4.78, 5) is 8.96. The highest BCUT2D eigenvalue weighted by atomic mass is 16.3. The molecular formula is C24H26N4O2. The van der Waals surface area contributed by atoms with Crippen LogP contribution in [0.5, 0.6) is 0 Å². The van der Waals surface area contributed by atoms with Crippen molar-refractivity contribution in [1.82, 2.24) is 9.55 Å². The Hall–Kier alpha value is -2.96. The van der Waals surface area contributed by atoms with Gasteiger partial charge in [-0.15, -0.1) is 0 Å². The summed E-state index contributed by atoms with van der Waals surface area (Å²) in [5.41, 5.74) is 10.7. The molecule has 0 amide bonds. The maximum absolute atomic E-state index is 10.7. The fraction of sp³-hybridized carbons (Fsp3) is 0.333. The van der Waals surface area contributed by atoms with E-state index in [-0.39, 0.29) is 11.5 Å². The zero-order valence-corrected chi connectivity index (χ0v) is 17.2. The van der Waals surface area contributed by atoms with Crippen LogP contribution in [0.4, 0.5) is 5.69 Å². The van der Waals surface area contributed by atoms with Gasteiger partial charge in [-0.3, -0.25) is 0 Å². The Morgan fingerprint density at radius 1 is 1.13 bits per heavy atom. The summed E-state index contributed by atoms with van der Waals surface area (Å²) in [6.07, 6.45) is 5.31. The van der Waals surface area contributed by atoms with E-state index in [1.165, 1.54) is 0 Å². The van der Waals surface area contributed by atoms with Crippen LogP contribution in [0.2, 0.25) is 0 Å². The van der Waals surface area contributed by atoms with Crippen molar-refractivity contribution in [2.24, 2.45) is 10.7 Å². The minimum absolute atomic E-state index is 0.233. The number of benzene rings is 1. The van der Waals surface area contributed by atoms with Crippen molar-refractivity contribution in [3.8, 4) is 0 Å². The highest BCUT2D eigenvalue weighted by molar-refractivity contribution is 5.98. The third-order valence-electron chi connectivity index (χ3n) is 6.55. The first-order valence-corrected chi connectivity index (χ1v) is 10.3. The van der Waals surface area contributed by atoms with Gasteiger partial charge in [0.2, 0.25) is 0 Å². The van der Waals surface area contributed by atoms with Crippen molar-refractivity contribution in [3.05, 3.63) is 71.6 Å². The van der Waals surface area contributed by atoms with Gasteiger partial charge in [0.15, 0.2) is 0 Å². The van der Waals surface area contributed by atoms with Gasteiger partial charge in [-0.05, 0) is 67.7 Å². The molecular weight excluding hydrogens is 376 g/mol. The van der Waals surface area contributed by atoms with Gasteiger partial charge < -0.3 is 20.5 Å². The maximum atomic E-state index is 10.7. The molecule has 0 radical (unpaired) electrons. The number of pyridine rings is 1. The van der Waals surface area contributed by atoms with Crippen LogP contribution in [0.3, 0.4) is 0 Å². The minimum atomic E-state index is -0.886. The first kappa shape index (κ1) is 19.0. The van der Waals surface area contributed by atoms with Gasteiger partial charge >= 0.3 is 0 Å². The molecule has 5 rings (SSSR count). The molecule has 2 aromatic heterocycles. The van der Waals surface area contributed by atoms with E-state index in [1.807, 2.05) is 35.0 Å². The van der Waals surface area contributed by atoms with Crippen LogP contribution < -0.4 is 5.73 Å². The largest absolute Gasteiger partial charge is 0.388 e. The van der Waals surface area contributed by atoms with Crippen molar-refractivity contribution in [3.63, 3.8) is 0 Å². The molecule has 1 aliphatic carbocycles. The number of fused-ring (bicyclic) bond motifs is 2. The monoisotopic (exact) mass is 402 g/mol. The summed E-state index contributed by atoms with van der Waals surface area (Å²) < 4.78 is 1.94. The smallest absolute Gasteiger partial charge is 0.140 e. The van der Waals surface area contributed by atoms with Crippen LogP contribution in [-0.4, -0.2) is 37.8 Å². The number of aliphatic imine (C=N–C) groups is 1. The molecule has 154 valence electrons. The van der Waals surface area contributed by atoms with E-state index < -0.39 is 12.2 Å². The Bertz CT molecular complexity index is 1190. The fourth-order valence-corrected chi connectivity index (χ4v) is 4.58. The fourth-order valence-electron chi connectivity index (χ4n) is 4.58. The molecule has 2 aliphatic rings. The average molecular weight is 402 g/mol. The van der Waals surface area contributed by atoms with E-state index in [4.69, 9.17) is 5.73 Å². The second-order valence-corrected chi connectivity index (χ2v) is 8.78. The Labute approximate surface area is 175 Å². The normalized spacial score (nSPS) is 24.7.